The Bertz CT molecular complexity index is 427. The summed E-state index contributed by atoms with van der Waals surface area (Å²) in [7, 11) is 0. The maximum atomic E-state index is 11.6. The van der Waals surface area contributed by atoms with Gasteiger partial charge in [0.05, 0.1) is 24.3 Å². The summed E-state index contributed by atoms with van der Waals surface area (Å²) >= 11 is 0. The Labute approximate surface area is 118 Å². The third kappa shape index (κ3) is 3.93. The fraction of sp³-hybridized carbons (Fsp3) is 0.600. The molecule has 20 heavy (non-hydrogen) atoms. The van der Waals surface area contributed by atoms with Gasteiger partial charge in [-0.25, -0.2) is 0 Å². The van der Waals surface area contributed by atoms with E-state index in [1.165, 1.54) is 0 Å². The number of carbonyl (C=O) groups is 1. The fourth-order valence-corrected chi connectivity index (χ4v) is 2.45. The molecule has 1 N–H and O–H groups in total. The first kappa shape index (κ1) is 14.8. The van der Waals surface area contributed by atoms with Crippen LogP contribution in [0.4, 0.5) is 0 Å². The van der Waals surface area contributed by atoms with E-state index < -0.39 is 5.60 Å². The van der Waals surface area contributed by atoms with Crippen molar-refractivity contribution in [3.8, 4) is 5.75 Å². The third-order valence-electron chi connectivity index (χ3n) is 3.68. The molecule has 1 fully saturated rings. The summed E-state index contributed by atoms with van der Waals surface area (Å²) in [5.41, 5.74) is -0.862. The topological polar surface area (TPSA) is 68.7 Å². The molecule has 0 aromatic carbocycles. The molecule has 0 atom stereocenters. The van der Waals surface area contributed by atoms with Crippen molar-refractivity contribution in [3.63, 3.8) is 0 Å². The standard InChI is InChI=1S/C15H21NO4/c1-2-19-14(17)12-5-7-15(18,8-6-12)11-20-13-4-3-9-16-10-13/h3-4,9-10,12,18H,2,5-8,11H2,1H3. The molecule has 0 saturated heterocycles. The predicted molar refractivity (Wildman–Crippen MR) is 73.3 cm³/mol. The van der Waals surface area contributed by atoms with E-state index in [-0.39, 0.29) is 18.5 Å². The molecule has 1 heterocycles. The largest absolute Gasteiger partial charge is 0.489 e. The van der Waals surface area contributed by atoms with Crippen LogP contribution < -0.4 is 4.74 Å². The maximum Gasteiger partial charge on any atom is 0.308 e. The van der Waals surface area contributed by atoms with E-state index in [9.17, 15) is 9.90 Å². The van der Waals surface area contributed by atoms with Gasteiger partial charge >= 0.3 is 5.97 Å². The van der Waals surface area contributed by atoms with E-state index in [4.69, 9.17) is 9.47 Å². The van der Waals surface area contributed by atoms with E-state index in [1.54, 1.807) is 31.5 Å². The smallest absolute Gasteiger partial charge is 0.308 e. The summed E-state index contributed by atoms with van der Waals surface area (Å²) in [6.07, 6.45) is 5.69. The number of ether oxygens (including phenoxy) is 2. The highest BCUT2D eigenvalue weighted by Gasteiger charge is 2.37. The Hall–Kier alpha value is -1.62. The van der Waals surface area contributed by atoms with Crippen molar-refractivity contribution in [2.75, 3.05) is 13.2 Å². The van der Waals surface area contributed by atoms with E-state index in [0.717, 1.165) is 0 Å². The number of rotatable bonds is 5. The lowest BCUT2D eigenvalue weighted by Crippen LogP contribution is -2.41. The van der Waals surface area contributed by atoms with Gasteiger partial charge in [-0.1, -0.05) is 0 Å². The summed E-state index contributed by atoms with van der Waals surface area (Å²) in [6.45, 7) is 2.44. The average Bonchev–Trinajstić information content (AvgIpc) is 2.47. The Kier molecular flexibility index (Phi) is 4.95. The summed E-state index contributed by atoms with van der Waals surface area (Å²) in [6, 6.07) is 3.59. The zero-order chi connectivity index (χ0) is 14.4. The Morgan fingerprint density at radius 2 is 2.25 bits per heavy atom. The molecule has 0 bridgehead atoms. The number of nitrogens with zero attached hydrogens (tertiary/aromatic N) is 1. The number of carbonyl (C=O) groups excluding carboxylic acids is 1. The monoisotopic (exact) mass is 279 g/mol. The Balaban J connectivity index is 1.81. The van der Waals surface area contributed by atoms with Gasteiger partial charge in [-0.05, 0) is 44.7 Å². The molecule has 0 radical (unpaired) electrons. The van der Waals surface area contributed by atoms with Crippen LogP contribution in [0.2, 0.25) is 0 Å². The summed E-state index contributed by atoms with van der Waals surface area (Å²) < 4.78 is 10.6. The number of hydrogen-bond acceptors (Lipinski definition) is 5. The third-order valence-corrected chi connectivity index (χ3v) is 3.68. The van der Waals surface area contributed by atoms with Crippen LogP contribution >= 0.6 is 0 Å². The van der Waals surface area contributed by atoms with Crippen molar-refractivity contribution in [2.24, 2.45) is 5.92 Å². The van der Waals surface area contributed by atoms with Crippen LogP contribution in [0.1, 0.15) is 32.6 Å². The van der Waals surface area contributed by atoms with Gasteiger partial charge in [-0.2, -0.15) is 0 Å². The molecular formula is C15H21NO4. The first-order valence-corrected chi connectivity index (χ1v) is 7.05. The molecule has 0 spiro atoms. The highest BCUT2D eigenvalue weighted by Crippen LogP contribution is 2.33. The molecule has 1 aliphatic rings. The van der Waals surface area contributed by atoms with Gasteiger partial charge in [0, 0.05) is 6.20 Å². The van der Waals surface area contributed by atoms with Crippen molar-refractivity contribution in [3.05, 3.63) is 24.5 Å². The normalized spacial score (nSPS) is 26.0. The van der Waals surface area contributed by atoms with Gasteiger partial charge in [0.15, 0.2) is 0 Å². The average molecular weight is 279 g/mol. The number of hydrogen-bond donors (Lipinski definition) is 1. The first-order valence-electron chi connectivity index (χ1n) is 7.05. The van der Waals surface area contributed by atoms with Crippen LogP contribution in [0.3, 0.4) is 0 Å². The highest BCUT2D eigenvalue weighted by atomic mass is 16.5. The zero-order valence-electron chi connectivity index (χ0n) is 11.7. The van der Waals surface area contributed by atoms with Crippen LogP contribution in [0.25, 0.3) is 0 Å². The van der Waals surface area contributed by atoms with Gasteiger partial charge in [-0.15, -0.1) is 0 Å². The Morgan fingerprint density at radius 1 is 1.50 bits per heavy atom. The fourth-order valence-electron chi connectivity index (χ4n) is 2.45. The molecule has 0 aliphatic heterocycles. The number of pyridine rings is 1. The molecule has 1 aliphatic carbocycles. The second-order valence-electron chi connectivity index (χ2n) is 5.23. The second-order valence-corrected chi connectivity index (χ2v) is 5.23. The molecule has 1 aromatic heterocycles. The van der Waals surface area contributed by atoms with Crippen LogP contribution in [0, 0.1) is 5.92 Å². The molecule has 1 saturated carbocycles. The van der Waals surface area contributed by atoms with Gasteiger partial charge in [-0.3, -0.25) is 9.78 Å². The molecule has 2 rings (SSSR count). The van der Waals surface area contributed by atoms with Crippen molar-refractivity contribution >= 4 is 5.97 Å². The van der Waals surface area contributed by atoms with Gasteiger partial charge < -0.3 is 14.6 Å². The van der Waals surface area contributed by atoms with Crippen LogP contribution in [-0.4, -0.2) is 34.9 Å². The van der Waals surface area contributed by atoms with Crippen molar-refractivity contribution in [1.82, 2.24) is 4.98 Å². The highest BCUT2D eigenvalue weighted by molar-refractivity contribution is 5.72. The maximum absolute atomic E-state index is 11.6. The summed E-state index contributed by atoms with van der Waals surface area (Å²) in [5, 5.41) is 10.5. The Morgan fingerprint density at radius 3 is 2.85 bits per heavy atom. The van der Waals surface area contributed by atoms with E-state index in [1.807, 2.05) is 0 Å². The molecule has 0 unspecified atom stereocenters. The van der Waals surface area contributed by atoms with Gasteiger partial charge in [0.1, 0.15) is 12.4 Å². The van der Waals surface area contributed by atoms with Crippen LogP contribution in [0.5, 0.6) is 5.75 Å². The summed E-state index contributed by atoms with van der Waals surface area (Å²) in [5.74, 6) is 0.407. The van der Waals surface area contributed by atoms with Crippen molar-refractivity contribution in [1.29, 1.82) is 0 Å². The lowest BCUT2D eigenvalue weighted by molar-refractivity contribution is -0.151. The molecule has 0 amide bonds. The van der Waals surface area contributed by atoms with Gasteiger partial charge in [0.25, 0.3) is 0 Å². The zero-order valence-corrected chi connectivity index (χ0v) is 11.7. The minimum atomic E-state index is -0.862. The minimum Gasteiger partial charge on any atom is -0.489 e. The number of esters is 1. The van der Waals surface area contributed by atoms with E-state index in [2.05, 4.69) is 4.98 Å². The van der Waals surface area contributed by atoms with Crippen LogP contribution in [-0.2, 0) is 9.53 Å². The molecule has 1 aromatic rings. The number of aliphatic hydroxyl groups is 1. The molecular weight excluding hydrogens is 258 g/mol. The number of aromatic nitrogens is 1. The SMILES string of the molecule is CCOC(=O)C1CCC(O)(COc2cccnc2)CC1. The first-order chi connectivity index (χ1) is 9.63. The lowest BCUT2D eigenvalue weighted by atomic mass is 9.79. The lowest BCUT2D eigenvalue weighted by Gasteiger charge is -2.34. The molecule has 5 heteroatoms. The van der Waals surface area contributed by atoms with Crippen molar-refractivity contribution < 1.29 is 19.4 Å². The minimum absolute atomic E-state index is 0.0892. The molecule has 5 nitrogen and oxygen atoms in total. The molecule has 110 valence electrons. The van der Waals surface area contributed by atoms with Gasteiger partial charge in [0.2, 0.25) is 0 Å². The van der Waals surface area contributed by atoms with E-state index >= 15 is 0 Å². The quantitative estimate of drug-likeness (QED) is 0.834. The second kappa shape index (κ2) is 6.70. The van der Waals surface area contributed by atoms with E-state index in [0.29, 0.717) is 38.0 Å². The predicted octanol–water partition coefficient (Wildman–Crippen LogP) is 1.94. The van der Waals surface area contributed by atoms with Crippen molar-refractivity contribution in [2.45, 2.75) is 38.2 Å². The van der Waals surface area contributed by atoms with Crippen LogP contribution in [0.15, 0.2) is 24.5 Å². The summed E-state index contributed by atoms with van der Waals surface area (Å²) in [4.78, 5) is 15.6.